The molecule has 8 heteroatoms. The fourth-order valence-corrected chi connectivity index (χ4v) is 5.37. The van der Waals surface area contributed by atoms with Gasteiger partial charge in [-0.3, -0.25) is 14.4 Å². The molecule has 3 aliphatic rings. The minimum absolute atomic E-state index is 0.0554. The fourth-order valence-electron chi connectivity index (χ4n) is 5.25. The molecule has 0 radical (unpaired) electrons. The van der Waals surface area contributed by atoms with Crippen LogP contribution in [-0.4, -0.2) is 66.3 Å². The highest BCUT2D eigenvalue weighted by atomic mass is 35.5. The summed E-state index contributed by atoms with van der Waals surface area (Å²) in [6, 6.07) is 14.2. The van der Waals surface area contributed by atoms with Crippen LogP contribution in [0.5, 0.6) is 5.75 Å². The van der Waals surface area contributed by atoms with Crippen molar-refractivity contribution < 1.29 is 19.1 Å². The summed E-state index contributed by atoms with van der Waals surface area (Å²) in [4.78, 5) is 45.4. The highest BCUT2D eigenvalue weighted by molar-refractivity contribution is 6.30. The monoisotopic (exact) mass is 495 g/mol. The number of anilines is 1. The number of carbonyl (C=O) groups is 3. The molecule has 7 nitrogen and oxygen atoms in total. The first-order valence-electron chi connectivity index (χ1n) is 12.4. The van der Waals surface area contributed by atoms with E-state index in [0.29, 0.717) is 41.5 Å². The van der Waals surface area contributed by atoms with Gasteiger partial charge in [0.05, 0.1) is 18.2 Å². The normalized spacial score (nSPS) is 22.3. The number of likely N-dealkylation sites (tertiary alicyclic amines) is 2. The molecule has 3 heterocycles. The van der Waals surface area contributed by atoms with Crippen LogP contribution in [0.2, 0.25) is 5.02 Å². The molecule has 0 bridgehead atoms. The number of amides is 3. The first-order valence-corrected chi connectivity index (χ1v) is 12.8. The minimum atomic E-state index is -0.720. The maximum Gasteiger partial charge on any atom is 0.265 e. The van der Waals surface area contributed by atoms with E-state index in [1.165, 1.54) is 0 Å². The van der Waals surface area contributed by atoms with E-state index in [1.54, 1.807) is 34.1 Å². The van der Waals surface area contributed by atoms with Crippen LogP contribution >= 0.6 is 11.6 Å². The van der Waals surface area contributed by atoms with Gasteiger partial charge in [-0.05, 0) is 68.5 Å². The van der Waals surface area contributed by atoms with Crippen molar-refractivity contribution in [2.24, 2.45) is 5.92 Å². The molecule has 0 saturated carbocycles. The van der Waals surface area contributed by atoms with Gasteiger partial charge in [-0.25, -0.2) is 0 Å². The van der Waals surface area contributed by atoms with Crippen molar-refractivity contribution in [3.8, 4) is 5.75 Å². The lowest BCUT2D eigenvalue weighted by Crippen LogP contribution is -2.55. The third-order valence-corrected chi connectivity index (χ3v) is 7.38. The lowest BCUT2D eigenvalue weighted by molar-refractivity contribution is -0.139. The van der Waals surface area contributed by atoms with Crippen LogP contribution in [0, 0.1) is 5.92 Å². The molecule has 2 saturated heterocycles. The Morgan fingerprint density at radius 1 is 0.800 bits per heavy atom. The van der Waals surface area contributed by atoms with Crippen LogP contribution in [0.25, 0.3) is 0 Å². The number of piperidine rings is 2. The molecule has 3 amide bonds. The first-order chi connectivity index (χ1) is 17.0. The van der Waals surface area contributed by atoms with Gasteiger partial charge in [-0.15, -0.1) is 0 Å². The SMILES string of the molecule is O=C(c1ccc(Cl)cc1)N1CCCC(C(=O)N2CC(C(=O)N3CCCCC3)Oc3ccccc32)C1. The first kappa shape index (κ1) is 23.7. The van der Waals surface area contributed by atoms with E-state index in [1.807, 2.05) is 29.2 Å². The zero-order valence-corrected chi connectivity index (χ0v) is 20.5. The second kappa shape index (κ2) is 10.3. The zero-order chi connectivity index (χ0) is 24.4. The lowest BCUT2D eigenvalue weighted by Gasteiger charge is -2.40. The minimum Gasteiger partial charge on any atom is -0.476 e. The molecule has 0 N–H and O–H groups in total. The number of carbonyl (C=O) groups excluding carboxylic acids is 3. The largest absolute Gasteiger partial charge is 0.476 e. The van der Waals surface area contributed by atoms with Crippen molar-refractivity contribution in [3.63, 3.8) is 0 Å². The second-order valence-corrected chi connectivity index (χ2v) is 9.94. The quantitative estimate of drug-likeness (QED) is 0.645. The summed E-state index contributed by atoms with van der Waals surface area (Å²) in [5.74, 6) is -0.00468. The van der Waals surface area contributed by atoms with Crippen LogP contribution in [0.15, 0.2) is 48.5 Å². The summed E-state index contributed by atoms with van der Waals surface area (Å²) in [6.45, 7) is 2.62. The maximum atomic E-state index is 13.8. The number of nitrogens with zero attached hydrogens (tertiary/aromatic N) is 3. The average Bonchev–Trinajstić information content (AvgIpc) is 2.92. The van der Waals surface area contributed by atoms with Gasteiger partial charge in [0.1, 0.15) is 5.75 Å². The summed E-state index contributed by atoms with van der Waals surface area (Å²) < 4.78 is 6.08. The van der Waals surface area contributed by atoms with Crippen LogP contribution < -0.4 is 9.64 Å². The van der Waals surface area contributed by atoms with Gasteiger partial charge < -0.3 is 19.4 Å². The topological polar surface area (TPSA) is 70.2 Å². The third kappa shape index (κ3) is 5.01. The molecule has 0 spiro atoms. The van der Waals surface area contributed by atoms with Crippen molar-refractivity contribution >= 4 is 35.0 Å². The molecule has 5 rings (SSSR count). The van der Waals surface area contributed by atoms with Crippen molar-refractivity contribution in [2.45, 2.75) is 38.2 Å². The van der Waals surface area contributed by atoms with Gasteiger partial charge in [0.2, 0.25) is 5.91 Å². The lowest BCUT2D eigenvalue weighted by atomic mass is 9.95. The molecule has 184 valence electrons. The Hall–Kier alpha value is -3.06. The highest BCUT2D eigenvalue weighted by Crippen LogP contribution is 2.35. The number of ether oxygens (including phenoxy) is 1. The summed E-state index contributed by atoms with van der Waals surface area (Å²) in [5, 5.41) is 0.577. The number of hydrogen-bond donors (Lipinski definition) is 0. The van der Waals surface area contributed by atoms with Crippen LogP contribution in [-0.2, 0) is 9.59 Å². The third-order valence-electron chi connectivity index (χ3n) is 7.13. The number of hydrogen-bond acceptors (Lipinski definition) is 4. The van der Waals surface area contributed by atoms with Crippen molar-refractivity contribution in [3.05, 3.63) is 59.1 Å². The van der Waals surface area contributed by atoms with Crippen LogP contribution in [0.3, 0.4) is 0 Å². The molecule has 3 aliphatic heterocycles. The molecule has 2 aromatic carbocycles. The standard InChI is InChI=1S/C27H30ClN3O4/c28-21-12-10-19(11-13-21)25(32)30-16-6-7-20(17-30)26(33)31-18-24(27(34)29-14-4-1-5-15-29)35-23-9-3-2-8-22(23)31/h2-3,8-13,20,24H,1,4-7,14-18H2. The summed E-state index contributed by atoms with van der Waals surface area (Å²) in [6.07, 6.45) is 3.86. The second-order valence-electron chi connectivity index (χ2n) is 9.51. The number of fused-ring (bicyclic) bond motifs is 1. The van der Waals surface area contributed by atoms with Crippen molar-refractivity contribution in [1.82, 2.24) is 9.80 Å². The van der Waals surface area contributed by atoms with E-state index < -0.39 is 6.10 Å². The Bertz CT molecular complexity index is 1100. The summed E-state index contributed by atoms with van der Waals surface area (Å²) >= 11 is 5.97. The molecule has 2 unspecified atom stereocenters. The van der Waals surface area contributed by atoms with Crippen molar-refractivity contribution in [1.29, 1.82) is 0 Å². The average molecular weight is 496 g/mol. The van der Waals surface area contributed by atoms with Gasteiger partial charge in [0.25, 0.3) is 11.8 Å². The predicted octanol–water partition coefficient (Wildman–Crippen LogP) is 4.00. The number of benzene rings is 2. The van der Waals surface area contributed by atoms with E-state index in [9.17, 15) is 14.4 Å². The predicted molar refractivity (Wildman–Crippen MR) is 134 cm³/mol. The number of halogens is 1. The van der Waals surface area contributed by atoms with Gasteiger partial charge in [0.15, 0.2) is 6.10 Å². The van der Waals surface area contributed by atoms with E-state index in [-0.39, 0.29) is 30.2 Å². The smallest absolute Gasteiger partial charge is 0.265 e. The molecule has 0 aromatic heterocycles. The van der Waals surface area contributed by atoms with E-state index in [0.717, 1.165) is 38.8 Å². The van der Waals surface area contributed by atoms with Gasteiger partial charge in [-0.2, -0.15) is 0 Å². The van der Waals surface area contributed by atoms with E-state index in [4.69, 9.17) is 16.3 Å². The number of para-hydroxylation sites is 2. The van der Waals surface area contributed by atoms with Crippen LogP contribution in [0.1, 0.15) is 42.5 Å². The Labute approximate surface area is 210 Å². The van der Waals surface area contributed by atoms with Gasteiger partial charge in [-0.1, -0.05) is 23.7 Å². The van der Waals surface area contributed by atoms with Gasteiger partial charge in [0, 0.05) is 36.8 Å². The molecule has 2 fully saturated rings. The van der Waals surface area contributed by atoms with E-state index >= 15 is 0 Å². The molecular weight excluding hydrogens is 466 g/mol. The highest BCUT2D eigenvalue weighted by Gasteiger charge is 2.39. The maximum absolute atomic E-state index is 13.8. The number of rotatable bonds is 3. The molecule has 0 aliphatic carbocycles. The van der Waals surface area contributed by atoms with Crippen molar-refractivity contribution in [2.75, 3.05) is 37.6 Å². The summed E-state index contributed by atoms with van der Waals surface area (Å²) in [5.41, 5.74) is 1.24. The summed E-state index contributed by atoms with van der Waals surface area (Å²) in [7, 11) is 0. The Balaban J connectivity index is 1.33. The van der Waals surface area contributed by atoms with Gasteiger partial charge >= 0.3 is 0 Å². The van der Waals surface area contributed by atoms with E-state index in [2.05, 4.69) is 0 Å². The molecule has 2 aromatic rings. The van der Waals surface area contributed by atoms with Crippen LogP contribution in [0.4, 0.5) is 5.69 Å². The molecule has 2 atom stereocenters. The Kier molecular flexibility index (Phi) is 6.95. The zero-order valence-electron chi connectivity index (χ0n) is 19.7. The molecular formula is C27H30ClN3O4. The Morgan fingerprint density at radius 2 is 1.51 bits per heavy atom. The Morgan fingerprint density at radius 3 is 2.29 bits per heavy atom. The fraction of sp³-hybridized carbons (Fsp3) is 0.444. The molecule has 35 heavy (non-hydrogen) atoms.